The Morgan fingerprint density at radius 2 is 2.00 bits per heavy atom. The van der Waals surface area contributed by atoms with Gasteiger partial charge in [-0.3, -0.25) is 0 Å². The molecule has 0 heterocycles. The monoisotopic (exact) mass is 247 g/mol. The Labute approximate surface area is 53.5 Å². The van der Waals surface area contributed by atoms with Crippen LogP contribution in [-0.4, -0.2) is 0 Å². The molecule has 0 nitrogen and oxygen atoms in total. The average molecular weight is 246 g/mol. The van der Waals surface area contributed by atoms with E-state index in [1.165, 1.54) is 24.4 Å². The van der Waals surface area contributed by atoms with Crippen LogP contribution >= 0.6 is 0 Å². The van der Waals surface area contributed by atoms with Crippen molar-refractivity contribution in [1.82, 2.24) is 0 Å². The van der Waals surface area contributed by atoms with Crippen LogP contribution in [0.1, 0.15) is 6.92 Å². The number of hydrogen-bond donors (Lipinski definition) is 0. The molecule has 0 aliphatic heterocycles. The zero-order chi connectivity index (χ0) is 4.83. The molecule has 0 N–H and O–H groups in total. The standard InChI is InChI=1S/C5H7.Hf/c1-3-5-4-2;/h1,3-5H,2H3;. The second-order valence-corrected chi connectivity index (χ2v) is 2.08. The van der Waals surface area contributed by atoms with E-state index in [1.807, 2.05) is 19.1 Å². The van der Waals surface area contributed by atoms with Crippen LogP contribution in [0, 0.1) is 0 Å². The van der Waals surface area contributed by atoms with Crippen molar-refractivity contribution in [2.75, 3.05) is 0 Å². The molecule has 0 aromatic rings. The van der Waals surface area contributed by atoms with Gasteiger partial charge in [0.05, 0.1) is 0 Å². The van der Waals surface area contributed by atoms with Gasteiger partial charge in [0.15, 0.2) is 0 Å². The Kier molecular flexibility index (Phi) is 5.66. The molecule has 0 aliphatic carbocycles. The van der Waals surface area contributed by atoms with E-state index >= 15 is 0 Å². The van der Waals surface area contributed by atoms with E-state index in [9.17, 15) is 0 Å². The molecule has 0 aromatic heterocycles. The molecule has 31 valence electrons. The van der Waals surface area contributed by atoms with Gasteiger partial charge in [-0.25, -0.2) is 0 Å². The molecule has 1 heteroatoms. The second kappa shape index (κ2) is 5.35. The molecule has 0 atom stereocenters. The van der Waals surface area contributed by atoms with Crippen molar-refractivity contribution in [2.24, 2.45) is 0 Å². The van der Waals surface area contributed by atoms with E-state index in [1.54, 1.807) is 0 Å². The third-order valence-electron chi connectivity index (χ3n) is 0.400. The van der Waals surface area contributed by atoms with Crippen LogP contribution in [0.5, 0.6) is 0 Å². The van der Waals surface area contributed by atoms with Crippen LogP contribution in [0.2, 0.25) is 0 Å². The van der Waals surface area contributed by atoms with Crippen molar-refractivity contribution < 1.29 is 24.4 Å². The first-order valence-corrected chi connectivity index (χ1v) is 3.94. The van der Waals surface area contributed by atoms with Crippen LogP contribution in [0.15, 0.2) is 22.1 Å². The molecule has 0 rings (SSSR count). The Morgan fingerprint density at radius 3 is 2.17 bits per heavy atom. The predicted octanol–water partition coefficient (Wildman–Crippen LogP) is 1.62. The van der Waals surface area contributed by atoms with E-state index in [0.29, 0.717) is 0 Å². The minimum absolute atomic E-state index is 1.17. The molecular weight excluding hydrogens is 239 g/mol. The molecule has 0 aromatic carbocycles. The molecule has 0 aliphatic rings. The molecule has 0 bridgehead atoms. The quantitative estimate of drug-likeness (QED) is 0.487. The number of rotatable bonds is 1. The van der Waals surface area contributed by atoms with Gasteiger partial charge in [-0.05, 0) is 0 Å². The fourth-order valence-electron chi connectivity index (χ4n) is 0.167. The first kappa shape index (κ1) is 6.35. The van der Waals surface area contributed by atoms with Crippen molar-refractivity contribution in [3.63, 3.8) is 0 Å². The Balaban J connectivity index is 3.07. The summed E-state index contributed by atoms with van der Waals surface area (Å²) < 4.78 is 2.14. The fourth-order valence-corrected chi connectivity index (χ4v) is 0.566. The second-order valence-electron chi connectivity index (χ2n) is 0.885. The van der Waals surface area contributed by atoms with Gasteiger partial charge in [-0.1, -0.05) is 0 Å². The van der Waals surface area contributed by atoms with Gasteiger partial charge < -0.3 is 0 Å². The minimum atomic E-state index is 1.17. The molecule has 0 unspecified atom stereocenters. The molecular formula is C5H7Hf. The van der Waals surface area contributed by atoms with Crippen LogP contribution in [0.25, 0.3) is 0 Å². The van der Waals surface area contributed by atoms with Crippen molar-refractivity contribution in [2.45, 2.75) is 6.92 Å². The summed E-state index contributed by atoms with van der Waals surface area (Å²) in [5.74, 6) is 0. The molecule has 0 spiro atoms. The predicted molar refractivity (Wildman–Crippen MR) is 24.0 cm³/mol. The van der Waals surface area contributed by atoms with Gasteiger partial charge in [0, 0.05) is 0 Å². The van der Waals surface area contributed by atoms with Gasteiger partial charge in [0.1, 0.15) is 0 Å². The van der Waals surface area contributed by atoms with Crippen molar-refractivity contribution in [1.29, 1.82) is 0 Å². The van der Waals surface area contributed by atoms with Gasteiger partial charge in [0.2, 0.25) is 0 Å². The summed E-state index contributed by atoms with van der Waals surface area (Å²) in [4.78, 5) is 0. The Hall–Kier alpha value is 0.350. The van der Waals surface area contributed by atoms with Gasteiger partial charge >= 0.3 is 53.4 Å². The summed E-state index contributed by atoms with van der Waals surface area (Å²) in [6.07, 6.45) is 6.12. The molecule has 0 radical (unpaired) electrons. The topological polar surface area (TPSA) is 0 Å². The zero-order valence-electron chi connectivity index (χ0n) is 3.81. The summed E-state index contributed by atoms with van der Waals surface area (Å²) in [7, 11) is 0. The number of hydrogen-bond acceptors (Lipinski definition) is 0. The van der Waals surface area contributed by atoms with E-state index in [0.717, 1.165) is 0 Å². The van der Waals surface area contributed by atoms with E-state index in [4.69, 9.17) is 0 Å². The average Bonchev–Trinajstić information content (AvgIpc) is 1.61. The summed E-state index contributed by atoms with van der Waals surface area (Å²) in [5, 5.41) is 0. The van der Waals surface area contributed by atoms with Crippen LogP contribution in [-0.2, 0) is 24.4 Å². The Morgan fingerprint density at radius 1 is 1.33 bits per heavy atom. The van der Waals surface area contributed by atoms with Crippen molar-refractivity contribution in [3.05, 3.63) is 22.1 Å². The zero-order valence-corrected chi connectivity index (χ0v) is 7.40. The third-order valence-corrected chi connectivity index (χ3v) is 1.09. The Bertz CT molecular complexity index is 52.3. The maximum absolute atomic E-state index is 2.14. The molecule has 0 amide bonds. The molecule has 0 saturated heterocycles. The van der Waals surface area contributed by atoms with Crippen molar-refractivity contribution in [3.8, 4) is 0 Å². The van der Waals surface area contributed by atoms with Crippen LogP contribution in [0.3, 0.4) is 0 Å². The summed E-state index contributed by atoms with van der Waals surface area (Å²) in [5.41, 5.74) is 0. The van der Waals surface area contributed by atoms with E-state index < -0.39 is 0 Å². The van der Waals surface area contributed by atoms with Crippen LogP contribution < -0.4 is 0 Å². The van der Waals surface area contributed by atoms with Crippen LogP contribution in [0.4, 0.5) is 0 Å². The fraction of sp³-hybridized carbons (Fsp3) is 0.200. The summed E-state index contributed by atoms with van der Waals surface area (Å²) in [6.45, 7) is 2.02. The van der Waals surface area contributed by atoms with E-state index in [-0.39, 0.29) is 0 Å². The molecule has 0 saturated carbocycles. The summed E-state index contributed by atoms with van der Waals surface area (Å²) in [6, 6.07) is 0. The SMILES string of the molecule is CC=CC=[CH][Hf]. The maximum atomic E-state index is 2.14. The first-order valence-electron chi connectivity index (χ1n) is 1.87. The molecule has 6 heavy (non-hydrogen) atoms. The normalized spacial score (nSPS) is 11.3. The van der Waals surface area contributed by atoms with Gasteiger partial charge in [-0.15, -0.1) is 0 Å². The molecule has 0 fully saturated rings. The number of allylic oxidation sites excluding steroid dienone is 3. The summed E-state index contributed by atoms with van der Waals surface area (Å²) >= 11 is 1.17. The van der Waals surface area contributed by atoms with Crippen molar-refractivity contribution >= 4 is 0 Å². The van der Waals surface area contributed by atoms with E-state index in [2.05, 4.69) is 9.91 Å². The first-order chi connectivity index (χ1) is 2.91. The van der Waals surface area contributed by atoms with Gasteiger partial charge in [-0.2, -0.15) is 0 Å². The third kappa shape index (κ3) is 4.35. The van der Waals surface area contributed by atoms with Gasteiger partial charge in [0.25, 0.3) is 0 Å².